The third kappa shape index (κ3) is 2.10. The van der Waals surface area contributed by atoms with Crippen molar-refractivity contribution in [2.45, 2.75) is 6.92 Å². The van der Waals surface area contributed by atoms with Gasteiger partial charge in [-0.05, 0) is 19.1 Å². The summed E-state index contributed by atoms with van der Waals surface area (Å²) in [4.78, 5) is 34.2. The number of hydrogen-bond acceptors (Lipinski definition) is 5. The van der Waals surface area contributed by atoms with Gasteiger partial charge in [0.05, 0.1) is 12.3 Å². The number of aromatic nitrogens is 4. The standard InChI is InChI=1S/C14H13N5O3/c1-2-22-9-6-4-3-5-8(9)19-13-11(18-14(19)21)10(12(15)20)16-7-17-13/h3-7H,2H2,1H3,(H2,15,20)(H,18,21). The van der Waals surface area contributed by atoms with Crippen LogP contribution in [0.2, 0.25) is 0 Å². The van der Waals surface area contributed by atoms with E-state index >= 15 is 0 Å². The van der Waals surface area contributed by atoms with Crippen molar-refractivity contribution in [3.63, 3.8) is 0 Å². The number of imidazole rings is 1. The van der Waals surface area contributed by atoms with Gasteiger partial charge < -0.3 is 15.5 Å². The van der Waals surface area contributed by atoms with E-state index < -0.39 is 11.6 Å². The number of H-pyrrole nitrogens is 1. The van der Waals surface area contributed by atoms with E-state index in [0.29, 0.717) is 18.0 Å². The average molecular weight is 299 g/mol. The number of hydrogen-bond donors (Lipinski definition) is 2. The number of aromatic amines is 1. The highest BCUT2D eigenvalue weighted by Gasteiger charge is 2.18. The molecule has 8 nitrogen and oxygen atoms in total. The van der Waals surface area contributed by atoms with Crippen LogP contribution in [-0.2, 0) is 0 Å². The normalized spacial score (nSPS) is 10.8. The minimum absolute atomic E-state index is 0.0326. The third-order valence-electron chi connectivity index (χ3n) is 3.11. The summed E-state index contributed by atoms with van der Waals surface area (Å²) in [6.45, 7) is 2.30. The smallest absolute Gasteiger partial charge is 0.332 e. The molecule has 3 aromatic rings. The van der Waals surface area contributed by atoms with Gasteiger partial charge in [0, 0.05) is 0 Å². The van der Waals surface area contributed by atoms with Gasteiger partial charge in [0.25, 0.3) is 5.91 Å². The molecule has 112 valence electrons. The Balaban J connectivity index is 2.33. The van der Waals surface area contributed by atoms with Crippen LogP contribution in [0.4, 0.5) is 0 Å². The Morgan fingerprint density at radius 3 is 2.86 bits per heavy atom. The summed E-state index contributed by atoms with van der Waals surface area (Å²) in [5, 5.41) is 0. The Morgan fingerprint density at radius 1 is 1.36 bits per heavy atom. The summed E-state index contributed by atoms with van der Waals surface area (Å²) in [5.74, 6) is -0.203. The zero-order valence-corrected chi connectivity index (χ0v) is 11.7. The molecule has 3 N–H and O–H groups in total. The lowest BCUT2D eigenvalue weighted by molar-refractivity contribution is 0.0997. The van der Waals surface area contributed by atoms with E-state index in [0.717, 1.165) is 0 Å². The molecule has 22 heavy (non-hydrogen) atoms. The molecule has 0 unspecified atom stereocenters. The van der Waals surface area contributed by atoms with E-state index in [4.69, 9.17) is 10.5 Å². The van der Waals surface area contributed by atoms with Gasteiger partial charge in [0.2, 0.25) is 0 Å². The number of fused-ring (bicyclic) bond motifs is 1. The van der Waals surface area contributed by atoms with Crippen LogP contribution in [0, 0.1) is 0 Å². The first-order valence-corrected chi connectivity index (χ1v) is 6.61. The number of para-hydroxylation sites is 2. The molecular formula is C14H13N5O3. The number of carbonyl (C=O) groups excluding carboxylic acids is 1. The molecule has 2 heterocycles. The minimum Gasteiger partial charge on any atom is -0.492 e. The number of rotatable bonds is 4. The van der Waals surface area contributed by atoms with Crippen LogP contribution in [0.3, 0.4) is 0 Å². The number of nitrogens with two attached hydrogens (primary N) is 1. The van der Waals surface area contributed by atoms with Gasteiger partial charge in [-0.15, -0.1) is 0 Å². The Kier molecular flexibility index (Phi) is 3.34. The maximum atomic E-state index is 12.3. The van der Waals surface area contributed by atoms with Crippen LogP contribution < -0.4 is 16.2 Å². The molecule has 1 amide bonds. The van der Waals surface area contributed by atoms with Crippen molar-refractivity contribution in [2.24, 2.45) is 5.73 Å². The summed E-state index contributed by atoms with van der Waals surface area (Å²) in [5.41, 5.74) is 5.77. The maximum Gasteiger partial charge on any atom is 0.332 e. The number of nitrogens with one attached hydrogen (secondary N) is 1. The highest BCUT2D eigenvalue weighted by Crippen LogP contribution is 2.24. The molecule has 0 aliphatic heterocycles. The molecule has 8 heteroatoms. The van der Waals surface area contributed by atoms with Crippen molar-refractivity contribution >= 4 is 17.1 Å². The van der Waals surface area contributed by atoms with Gasteiger partial charge in [-0.25, -0.2) is 19.3 Å². The van der Waals surface area contributed by atoms with E-state index in [9.17, 15) is 9.59 Å². The zero-order valence-electron chi connectivity index (χ0n) is 11.7. The predicted molar refractivity (Wildman–Crippen MR) is 79.2 cm³/mol. The van der Waals surface area contributed by atoms with Crippen LogP contribution in [0.25, 0.3) is 16.9 Å². The molecule has 2 aromatic heterocycles. The summed E-state index contributed by atoms with van der Waals surface area (Å²) in [6.07, 6.45) is 1.19. The predicted octanol–water partition coefficient (Wildman–Crippen LogP) is 0.606. The Bertz CT molecular complexity index is 912. The van der Waals surface area contributed by atoms with Crippen LogP contribution in [-0.4, -0.2) is 32.0 Å². The number of nitrogens with zero attached hydrogens (tertiary/aromatic N) is 3. The van der Waals surface area contributed by atoms with Crippen molar-refractivity contribution in [3.8, 4) is 11.4 Å². The lowest BCUT2D eigenvalue weighted by atomic mass is 10.3. The second-order valence-corrected chi connectivity index (χ2v) is 4.45. The molecule has 0 spiro atoms. The Labute approximate surface area is 124 Å². The van der Waals surface area contributed by atoms with Gasteiger partial charge in [0.15, 0.2) is 11.3 Å². The van der Waals surface area contributed by atoms with E-state index in [1.165, 1.54) is 10.9 Å². The van der Waals surface area contributed by atoms with Gasteiger partial charge in [-0.2, -0.15) is 0 Å². The number of primary amides is 1. The van der Waals surface area contributed by atoms with Gasteiger partial charge in [0.1, 0.15) is 17.6 Å². The topological polar surface area (TPSA) is 116 Å². The van der Waals surface area contributed by atoms with Gasteiger partial charge >= 0.3 is 5.69 Å². The first-order valence-electron chi connectivity index (χ1n) is 6.61. The van der Waals surface area contributed by atoms with E-state index in [-0.39, 0.29) is 16.9 Å². The third-order valence-corrected chi connectivity index (χ3v) is 3.11. The minimum atomic E-state index is -0.737. The molecule has 0 bridgehead atoms. The zero-order chi connectivity index (χ0) is 15.7. The highest BCUT2D eigenvalue weighted by molar-refractivity contribution is 6.01. The monoisotopic (exact) mass is 299 g/mol. The van der Waals surface area contributed by atoms with E-state index in [2.05, 4.69) is 15.0 Å². The van der Waals surface area contributed by atoms with E-state index in [1.807, 2.05) is 6.92 Å². The lowest BCUT2D eigenvalue weighted by Crippen LogP contribution is -2.16. The first kappa shape index (κ1) is 13.8. The number of benzene rings is 1. The lowest BCUT2D eigenvalue weighted by Gasteiger charge is -2.10. The van der Waals surface area contributed by atoms with Crippen molar-refractivity contribution in [1.29, 1.82) is 0 Å². The first-order chi connectivity index (χ1) is 10.6. The molecule has 3 rings (SSSR count). The second kappa shape index (κ2) is 5.32. The molecule has 0 saturated heterocycles. The molecule has 0 fully saturated rings. The van der Waals surface area contributed by atoms with Crippen molar-refractivity contribution in [2.75, 3.05) is 6.61 Å². The molecule has 0 aliphatic rings. The number of ether oxygens (including phenoxy) is 1. The largest absolute Gasteiger partial charge is 0.492 e. The molecule has 1 aromatic carbocycles. The fourth-order valence-electron chi connectivity index (χ4n) is 2.25. The Morgan fingerprint density at radius 2 is 2.14 bits per heavy atom. The van der Waals surface area contributed by atoms with Crippen molar-refractivity contribution in [3.05, 3.63) is 46.8 Å². The van der Waals surface area contributed by atoms with Crippen molar-refractivity contribution < 1.29 is 9.53 Å². The maximum absolute atomic E-state index is 12.3. The second-order valence-electron chi connectivity index (χ2n) is 4.45. The summed E-state index contributed by atoms with van der Waals surface area (Å²) in [6, 6.07) is 7.06. The fraction of sp³-hybridized carbons (Fsp3) is 0.143. The molecule has 0 aliphatic carbocycles. The fourth-order valence-corrected chi connectivity index (χ4v) is 2.25. The average Bonchev–Trinajstić information content (AvgIpc) is 2.83. The summed E-state index contributed by atoms with van der Waals surface area (Å²) < 4.78 is 6.86. The summed E-state index contributed by atoms with van der Waals surface area (Å²) >= 11 is 0. The van der Waals surface area contributed by atoms with Gasteiger partial charge in [-0.1, -0.05) is 12.1 Å². The SMILES string of the molecule is CCOc1ccccc1-n1c(=O)[nH]c2c(C(N)=O)ncnc21. The van der Waals surface area contributed by atoms with Crippen LogP contribution in [0.5, 0.6) is 5.75 Å². The number of carbonyl (C=O) groups is 1. The van der Waals surface area contributed by atoms with E-state index in [1.54, 1.807) is 24.3 Å². The highest BCUT2D eigenvalue weighted by atomic mass is 16.5. The summed E-state index contributed by atoms with van der Waals surface area (Å²) in [7, 11) is 0. The van der Waals surface area contributed by atoms with Crippen LogP contribution in [0.15, 0.2) is 35.4 Å². The van der Waals surface area contributed by atoms with Crippen molar-refractivity contribution in [1.82, 2.24) is 19.5 Å². The van der Waals surface area contributed by atoms with Crippen LogP contribution in [0.1, 0.15) is 17.4 Å². The van der Waals surface area contributed by atoms with Crippen LogP contribution >= 0.6 is 0 Å². The Hall–Kier alpha value is -3.16. The quantitative estimate of drug-likeness (QED) is 0.732. The molecule has 0 atom stereocenters. The molecule has 0 radical (unpaired) electrons. The van der Waals surface area contributed by atoms with Gasteiger partial charge in [-0.3, -0.25) is 4.79 Å². The number of amides is 1. The molecule has 0 saturated carbocycles. The molecular weight excluding hydrogens is 286 g/mol.